The van der Waals surface area contributed by atoms with Gasteiger partial charge in [0.25, 0.3) is 0 Å². The van der Waals surface area contributed by atoms with E-state index in [2.05, 4.69) is 76.3 Å². The Balaban J connectivity index is 5.36. The fourth-order valence-corrected chi connectivity index (χ4v) is 13.6. The molecule has 0 spiro atoms. The number of esters is 4. The number of aliphatic hydroxyl groups is 1. The van der Waals surface area contributed by atoms with Crippen LogP contribution < -0.4 is 0 Å². The predicted molar refractivity (Wildman–Crippen MR) is 427 cm³/mol. The van der Waals surface area contributed by atoms with Crippen LogP contribution in [-0.2, 0) is 65.4 Å². The summed E-state index contributed by atoms with van der Waals surface area (Å²) in [7, 11) is -9.96. The summed E-state index contributed by atoms with van der Waals surface area (Å²) < 4.78 is 68.7. The molecule has 17 nitrogen and oxygen atoms in total. The molecule has 0 aliphatic heterocycles. The molecule has 0 radical (unpaired) electrons. The van der Waals surface area contributed by atoms with Crippen molar-refractivity contribution in [3.63, 3.8) is 0 Å². The van der Waals surface area contributed by atoms with E-state index < -0.39 is 97.5 Å². The molecule has 0 aliphatic rings. The van der Waals surface area contributed by atoms with E-state index in [1.807, 2.05) is 12.2 Å². The summed E-state index contributed by atoms with van der Waals surface area (Å²) in [6, 6.07) is 0. The molecule has 0 saturated heterocycles. The van der Waals surface area contributed by atoms with E-state index in [4.69, 9.17) is 37.0 Å². The minimum atomic E-state index is -4.99. The molecule has 0 rings (SSSR count). The first-order chi connectivity index (χ1) is 50.7. The van der Waals surface area contributed by atoms with Crippen molar-refractivity contribution < 1.29 is 80.2 Å². The summed E-state index contributed by atoms with van der Waals surface area (Å²) >= 11 is 0. The van der Waals surface area contributed by atoms with Gasteiger partial charge in [0.05, 0.1) is 26.4 Å². The van der Waals surface area contributed by atoms with Crippen LogP contribution in [0, 0.1) is 0 Å². The number of phosphoric acid groups is 2. The summed E-state index contributed by atoms with van der Waals surface area (Å²) in [6.45, 7) is 4.88. The third-order valence-corrected chi connectivity index (χ3v) is 20.4. The standard InChI is InChI=1S/C85H156O17P2/c1-5-9-13-17-21-25-29-33-37-39-43-45-49-53-57-61-65-69-82(87)95-75-80(101-84(89)71-67-63-59-55-51-47-41-35-31-27-23-19-15-11-7-3)77-99-103(91,92)97-73-79(86)74-98-104(93,94)100-78-81(102-85(90)72-68-64-60-56-52-48-42-36-32-28-24-20-16-12-8-4)76-96-83(88)70-66-62-58-54-50-46-44-40-38-34-30-26-22-18-14-10-6-2/h21,25,33,35,37,41,43,45,53,57,79-81,86H,5-20,22-24,26-32,34,36,38-40,42,44,46-52,54-56,58-78H2,1-4H3,(H,91,92)(H,93,94)/b25-21-,37-33-,41-35-,45-43-,57-53-/t79-,80-,81-/m1/s1. The first kappa shape index (κ1) is 101. The van der Waals surface area contributed by atoms with Crippen molar-refractivity contribution in [1.82, 2.24) is 0 Å². The summed E-state index contributed by atoms with van der Waals surface area (Å²) in [5.41, 5.74) is 0. The van der Waals surface area contributed by atoms with Crippen LogP contribution in [0.5, 0.6) is 0 Å². The molecule has 0 aliphatic carbocycles. The maximum atomic E-state index is 13.1. The lowest BCUT2D eigenvalue weighted by Gasteiger charge is -2.21. The smallest absolute Gasteiger partial charge is 0.462 e. The molecule has 608 valence electrons. The summed E-state index contributed by atoms with van der Waals surface area (Å²) in [5, 5.41) is 10.7. The number of carbonyl (C=O) groups excluding carboxylic acids is 4. The highest BCUT2D eigenvalue weighted by atomic mass is 31.2. The van der Waals surface area contributed by atoms with E-state index in [1.54, 1.807) is 0 Å². The van der Waals surface area contributed by atoms with E-state index >= 15 is 0 Å². The number of rotatable bonds is 81. The highest BCUT2D eigenvalue weighted by molar-refractivity contribution is 7.47. The third-order valence-electron chi connectivity index (χ3n) is 18.5. The Morgan fingerprint density at radius 2 is 0.481 bits per heavy atom. The van der Waals surface area contributed by atoms with E-state index in [9.17, 15) is 43.2 Å². The maximum Gasteiger partial charge on any atom is 0.472 e. The monoisotopic (exact) mass is 1510 g/mol. The van der Waals surface area contributed by atoms with Crippen LogP contribution >= 0.6 is 15.6 Å². The number of phosphoric ester groups is 2. The van der Waals surface area contributed by atoms with E-state index in [0.717, 1.165) is 109 Å². The number of aliphatic hydroxyl groups excluding tert-OH is 1. The topological polar surface area (TPSA) is 237 Å². The Bertz CT molecular complexity index is 2200. The number of carbonyl (C=O) groups is 4. The van der Waals surface area contributed by atoms with Gasteiger partial charge in [-0.05, 0) is 89.9 Å². The lowest BCUT2D eigenvalue weighted by atomic mass is 10.0. The number of allylic oxidation sites excluding steroid dienone is 10. The normalized spacial score (nSPS) is 14.1. The van der Waals surface area contributed by atoms with Gasteiger partial charge in [0.2, 0.25) is 0 Å². The second-order valence-electron chi connectivity index (χ2n) is 28.8. The van der Waals surface area contributed by atoms with Crippen LogP contribution in [0.25, 0.3) is 0 Å². The van der Waals surface area contributed by atoms with E-state index in [0.29, 0.717) is 32.1 Å². The van der Waals surface area contributed by atoms with Crippen LogP contribution in [0.3, 0.4) is 0 Å². The number of unbranched alkanes of at least 4 members (excludes halogenated alkanes) is 45. The van der Waals surface area contributed by atoms with Crippen molar-refractivity contribution >= 4 is 39.5 Å². The molecule has 0 heterocycles. The maximum absolute atomic E-state index is 13.1. The molecule has 19 heteroatoms. The van der Waals surface area contributed by atoms with Crippen molar-refractivity contribution in [1.29, 1.82) is 0 Å². The largest absolute Gasteiger partial charge is 0.472 e. The Morgan fingerprint density at radius 1 is 0.269 bits per heavy atom. The van der Waals surface area contributed by atoms with Crippen molar-refractivity contribution in [2.75, 3.05) is 39.6 Å². The zero-order valence-electron chi connectivity index (χ0n) is 66.7. The Morgan fingerprint density at radius 3 is 0.788 bits per heavy atom. The van der Waals surface area contributed by atoms with Crippen molar-refractivity contribution in [2.24, 2.45) is 0 Å². The molecular weight excluding hydrogens is 1350 g/mol. The Kier molecular flexibility index (Phi) is 75.5. The summed E-state index contributed by atoms with van der Waals surface area (Å²) in [6.07, 6.45) is 79.0. The van der Waals surface area contributed by atoms with Gasteiger partial charge in [-0.1, -0.05) is 345 Å². The molecule has 0 saturated carbocycles. The molecule has 0 bridgehead atoms. The summed E-state index contributed by atoms with van der Waals surface area (Å²) in [5.74, 6) is -2.21. The second-order valence-corrected chi connectivity index (χ2v) is 31.7. The first-order valence-electron chi connectivity index (χ1n) is 42.5. The highest BCUT2D eigenvalue weighted by Crippen LogP contribution is 2.45. The molecule has 5 atom stereocenters. The molecular formula is C85H156O17P2. The fraction of sp³-hybridized carbons (Fsp3) is 0.835. The molecule has 0 aromatic rings. The van der Waals surface area contributed by atoms with Crippen molar-refractivity contribution in [3.05, 3.63) is 60.8 Å². The van der Waals surface area contributed by atoms with Gasteiger partial charge in [-0.15, -0.1) is 0 Å². The molecule has 104 heavy (non-hydrogen) atoms. The second kappa shape index (κ2) is 77.9. The lowest BCUT2D eigenvalue weighted by Crippen LogP contribution is -2.30. The highest BCUT2D eigenvalue weighted by Gasteiger charge is 2.30. The Hall–Kier alpha value is -3.24. The fourth-order valence-electron chi connectivity index (χ4n) is 12.0. The van der Waals surface area contributed by atoms with Crippen LogP contribution in [0.2, 0.25) is 0 Å². The van der Waals surface area contributed by atoms with Gasteiger partial charge in [-0.25, -0.2) is 9.13 Å². The van der Waals surface area contributed by atoms with Crippen molar-refractivity contribution in [3.8, 4) is 0 Å². The molecule has 0 fully saturated rings. The molecule has 3 N–H and O–H groups in total. The van der Waals surface area contributed by atoms with Gasteiger partial charge in [0.1, 0.15) is 19.3 Å². The molecule has 0 aromatic carbocycles. The zero-order chi connectivity index (χ0) is 76.0. The van der Waals surface area contributed by atoms with Gasteiger partial charge in [-0.3, -0.25) is 37.3 Å². The van der Waals surface area contributed by atoms with Gasteiger partial charge < -0.3 is 33.8 Å². The number of hydrogen-bond donors (Lipinski definition) is 3. The van der Waals surface area contributed by atoms with Crippen LogP contribution in [0.1, 0.15) is 400 Å². The number of ether oxygens (including phenoxy) is 4. The average molecular weight is 1510 g/mol. The van der Waals surface area contributed by atoms with Crippen LogP contribution in [0.4, 0.5) is 0 Å². The minimum Gasteiger partial charge on any atom is -0.462 e. The Labute approximate surface area is 635 Å². The molecule has 0 aromatic heterocycles. The van der Waals surface area contributed by atoms with Gasteiger partial charge >= 0.3 is 39.5 Å². The van der Waals surface area contributed by atoms with Gasteiger partial charge in [0.15, 0.2) is 12.2 Å². The SMILES string of the molecule is CCCCC/C=C\C/C=C\C/C=C\C/C=C\CCCC(=O)OC[C@H](COP(=O)(O)OC[C@@H](O)COP(=O)(O)OC[C@@H](COC(=O)CCCCCCCCCCCCCCCCCCC)OC(=O)CCCCCCCCCCCCCCCCC)OC(=O)CCCCCCC/C=C\CCCCCCCC. The van der Waals surface area contributed by atoms with E-state index in [1.165, 1.54) is 205 Å². The predicted octanol–water partition coefficient (Wildman–Crippen LogP) is 25.0. The van der Waals surface area contributed by atoms with Crippen LogP contribution in [0.15, 0.2) is 60.8 Å². The third kappa shape index (κ3) is 76.9. The number of hydrogen-bond acceptors (Lipinski definition) is 15. The minimum absolute atomic E-state index is 0.0775. The van der Waals surface area contributed by atoms with Gasteiger partial charge in [0, 0.05) is 25.7 Å². The lowest BCUT2D eigenvalue weighted by molar-refractivity contribution is -0.161. The average Bonchev–Trinajstić information content (AvgIpc) is 0.937. The molecule has 2 unspecified atom stereocenters. The van der Waals surface area contributed by atoms with Crippen LogP contribution in [-0.4, -0.2) is 96.7 Å². The van der Waals surface area contributed by atoms with Gasteiger partial charge in [-0.2, -0.15) is 0 Å². The molecule has 0 amide bonds. The summed E-state index contributed by atoms with van der Waals surface area (Å²) in [4.78, 5) is 73.1. The quantitative estimate of drug-likeness (QED) is 0.0169. The van der Waals surface area contributed by atoms with Crippen molar-refractivity contribution in [2.45, 2.75) is 418 Å². The zero-order valence-corrected chi connectivity index (χ0v) is 68.5. The first-order valence-corrected chi connectivity index (χ1v) is 45.5. The van der Waals surface area contributed by atoms with E-state index in [-0.39, 0.29) is 25.7 Å².